The van der Waals surface area contributed by atoms with Crippen LogP contribution < -0.4 is 0 Å². The maximum Gasteiger partial charge on any atom is 0.328 e. The fraction of sp³-hybridized carbons (Fsp3) is 0.0909. The molecule has 0 radical (unpaired) electrons. The summed E-state index contributed by atoms with van der Waals surface area (Å²) in [6, 6.07) is 17.3. The zero-order valence-corrected chi connectivity index (χ0v) is 14.7. The number of rotatable bonds is 5. The summed E-state index contributed by atoms with van der Waals surface area (Å²) in [4.78, 5) is 15.3. The van der Waals surface area contributed by atoms with Gasteiger partial charge in [0.25, 0.3) is 0 Å². The van der Waals surface area contributed by atoms with Crippen LogP contribution in [0, 0.1) is 6.92 Å². The molecule has 0 saturated heterocycles. The second-order valence-electron chi connectivity index (χ2n) is 6.25. The molecule has 0 unspecified atom stereocenters. The number of aliphatic carboxylic acids is 1. The minimum absolute atomic E-state index is 0.525. The molecule has 27 heavy (non-hydrogen) atoms. The lowest BCUT2D eigenvalue weighted by Gasteiger charge is -1.93. The number of furan rings is 1. The smallest absolute Gasteiger partial charge is 0.328 e. The highest BCUT2D eigenvalue weighted by molar-refractivity contribution is 5.87. The van der Waals surface area contributed by atoms with Crippen molar-refractivity contribution >= 4 is 23.0 Å². The molecule has 5 heteroatoms. The lowest BCUT2D eigenvalue weighted by Crippen LogP contribution is -1.88. The number of carboxylic acids is 1. The number of nitrogens with zero attached hydrogens (tertiary/aromatic N) is 1. The van der Waals surface area contributed by atoms with Gasteiger partial charge in [0.2, 0.25) is 5.89 Å². The number of fused-ring (bicyclic) bond motifs is 1. The summed E-state index contributed by atoms with van der Waals surface area (Å²) in [5.74, 6) is 1.17. The molecule has 0 fully saturated rings. The molecule has 2 aromatic carbocycles. The van der Waals surface area contributed by atoms with Crippen molar-refractivity contribution in [1.82, 2.24) is 4.98 Å². The summed E-state index contributed by atoms with van der Waals surface area (Å²) in [5.41, 5.74) is 3.33. The number of aryl methyl sites for hydroxylation is 1. The topological polar surface area (TPSA) is 76.5 Å². The van der Waals surface area contributed by atoms with Gasteiger partial charge in [-0.25, -0.2) is 9.78 Å². The van der Waals surface area contributed by atoms with Gasteiger partial charge in [-0.05, 0) is 48.9 Å². The van der Waals surface area contributed by atoms with Crippen LogP contribution >= 0.6 is 0 Å². The lowest BCUT2D eigenvalue weighted by atomic mass is 10.1. The van der Waals surface area contributed by atoms with Crippen molar-refractivity contribution in [3.63, 3.8) is 0 Å². The van der Waals surface area contributed by atoms with Crippen LogP contribution in [0.5, 0.6) is 0 Å². The first-order valence-electron chi connectivity index (χ1n) is 8.54. The number of hydrogen-bond acceptors (Lipinski definition) is 4. The summed E-state index contributed by atoms with van der Waals surface area (Å²) in [6.07, 6.45) is 3.20. The quantitative estimate of drug-likeness (QED) is 0.503. The molecule has 0 aliphatic carbocycles. The van der Waals surface area contributed by atoms with Crippen molar-refractivity contribution in [1.29, 1.82) is 0 Å². The van der Waals surface area contributed by atoms with E-state index in [9.17, 15) is 4.79 Å². The summed E-state index contributed by atoms with van der Waals surface area (Å²) in [7, 11) is 0. The monoisotopic (exact) mass is 359 g/mol. The van der Waals surface area contributed by atoms with Crippen molar-refractivity contribution in [3.05, 3.63) is 83.5 Å². The third kappa shape index (κ3) is 3.67. The normalized spacial score (nSPS) is 11.4. The molecule has 4 rings (SSSR count). The van der Waals surface area contributed by atoms with E-state index < -0.39 is 5.97 Å². The number of carbonyl (C=O) groups is 1. The summed E-state index contributed by atoms with van der Waals surface area (Å²) in [5, 5.41) is 9.66. The van der Waals surface area contributed by atoms with Crippen molar-refractivity contribution in [3.8, 4) is 11.5 Å². The van der Waals surface area contributed by atoms with Gasteiger partial charge in [0.05, 0.1) is 12.1 Å². The summed E-state index contributed by atoms with van der Waals surface area (Å²) >= 11 is 0. The Kier molecular flexibility index (Phi) is 4.34. The predicted octanol–water partition coefficient (Wildman–Crippen LogP) is 5.08. The van der Waals surface area contributed by atoms with Crippen LogP contribution in [-0.4, -0.2) is 16.1 Å². The number of aromatic nitrogens is 1. The van der Waals surface area contributed by atoms with Crippen LogP contribution in [0.1, 0.15) is 22.8 Å². The van der Waals surface area contributed by atoms with Gasteiger partial charge in [-0.1, -0.05) is 24.3 Å². The van der Waals surface area contributed by atoms with Crippen LogP contribution in [0.3, 0.4) is 0 Å². The molecule has 0 bridgehead atoms. The molecule has 0 saturated carbocycles. The summed E-state index contributed by atoms with van der Waals surface area (Å²) in [6.45, 7) is 1.90. The molecule has 0 aliphatic heterocycles. The largest absolute Gasteiger partial charge is 0.478 e. The maximum absolute atomic E-state index is 10.7. The minimum atomic E-state index is -0.973. The molecular weight excluding hydrogens is 342 g/mol. The fourth-order valence-corrected chi connectivity index (χ4v) is 2.94. The number of carboxylic acid groups (broad SMARTS) is 1. The van der Waals surface area contributed by atoms with Gasteiger partial charge in [-0.15, -0.1) is 0 Å². The number of oxazole rings is 1. The molecule has 0 atom stereocenters. The molecule has 2 heterocycles. The second kappa shape index (κ2) is 6.96. The Balaban J connectivity index is 1.60. The van der Waals surface area contributed by atoms with Gasteiger partial charge >= 0.3 is 5.97 Å². The highest BCUT2D eigenvalue weighted by Crippen LogP contribution is 2.26. The van der Waals surface area contributed by atoms with E-state index in [0.29, 0.717) is 12.3 Å². The molecule has 0 amide bonds. The fourth-order valence-electron chi connectivity index (χ4n) is 2.94. The molecular formula is C22H17NO4. The molecule has 0 aliphatic rings. The van der Waals surface area contributed by atoms with Gasteiger partial charge in [0.1, 0.15) is 17.1 Å². The Morgan fingerprint density at radius 3 is 2.70 bits per heavy atom. The van der Waals surface area contributed by atoms with Crippen molar-refractivity contribution in [2.45, 2.75) is 13.3 Å². The van der Waals surface area contributed by atoms with E-state index in [0.717, 1.165) is 45.4 Å². The Labute approximate surface area is 155 Å². The molecule has 2 aromatic heterocycles. The van der Waals surface area contributed by atoms with Crippen LogP contribution in [0.4, 0.5) is 0 Å². The highest BCUT2D eigenvalue weighted by Gasteiger charge is 2.14. The zero-order chi connectivity index (χ0) is 18.8. The van der Waals surface area contributed by atoms with Crippen LogP contribution in [0.15, 0.2) is 69.5 Å². The van der Waals surface area contributed by atoms with E-state index in [1.165, 1.54) is 0 Å². The molecule has 0 spiro atoms. The van der Waals surface area contributed by atoms with Crippen LogP contribution in [-0.2, 0) is 11.2 Å². The van der Waals surface area contributed by atoms with Gasteiger partial charge in [-0.2, -0.15) is 0 Å². The first kappa shape index (κ1) is 16.8. The highest BCUT2D eigenvalue weighted by atomic mass is 16.4. The standard InChI is InChI=1S/C22H17NO4/c1-14-19(23-22(26-14)16-5-3-2-4-6-16)13-18-12-17-11-15(8-10-21(24)25)7-9-20(17)27-18/h2-12H,13H2,1H3,(H,24,25). The predicted molar refractivity (Wildman–Crippen MR) is 102 cm³/mol. The van der Waals surface area contributed by atoms with E-state index in [1.54, 1.807) is 6.08 Å². The van der Waals surface area contributed by atoms with E-state index in [1.807, 2.05) is 61.5 Å². The SMILES string of the molecule is Cc1oc(-c2ccccc2)nc1Cc1cc2cc(C=CC(=O)O)ccc2o1. The second-order valence-corrected chi connectivity index (χ2v) is 6.25. The number of benzene rings is 2. The zero-order valence-electron chi connectivity index (χ0n) is 14.7. The van der Waals surface area contributed by atoms with Gasteiger partial charge in [-0.3, -0.25) is 0 Å². The Hall–Kier alpha value is -3.60. The maximum atomic E-state index is 10.7. The average molecular weight is 359 g/mol. The first-order valence-corrected chi connectivity index (χ1v) is 8.54. The average Bonchev–Trinajstić information content (AvgIpc) is 3.23. The van der Waals surface area contributed by atoms with Crippen molar-refractivity contribution in [2.75, 3.05) is 0 Å². The third-order valence-corrected chi connectivity index (χ3v) is 4.26. The lowest BCUT2D eigenvalue weighted by molar-refractivity contribution is -0.131. The third-order valence-electron chi connectivity index (χ3n) is 4.26. The Bertz CT molecular complexity index is 1140. The van der Waals surface area contributed by atoms with E-state index in [4.69, 9.17) is 13.9 Å². The molecule has 134 valence electrons. The first-order chi connectivity index (χ1) is 13.1. The van der Waals surface area contributed by atoms with E-state index in [-0.39, 0.29) is 0 Å². The van der Waals surface area contributed by atoms with Gasteiger partial charge in [0, 0.05) is 17.0 Å². The summed E-state index contributed by atoms with van der Waals surface area (Å²) < 4.78 is 11.7. The molecule has 1 N–H and O–H groups in total. The van der Waals surface area contributed by atoms with E-state index in [2.05, 4.69) is 4.98 Å². The minimum Gasteiger partial charge on any atom is -0.478 e. The van der Waals surface area contributed by atoms with Crippen LogP contribution in [0.2, 0.25) is 0 Å². The van der Waals surface area contributed by atoms with E-state index >= 15 is 0 Å². The van der Waals surface area contributed by atoms with Gasteiger partial charge < -0.3 is 13.9 Å². The Morgan fingerprint density at radius 1 is 1.11 bits per heavy atom. The van der Waals surface area contributed by atoms with Gasteiger partial charge in [0.15, 0.2) is 0 Å². The molecule has 4 aromatic rings. The Morgan fingerprint density at radius 2 is 1.93 bits per heavy atom. The number of hydrogen-bond donors (Lipinski definition) is 1. The molecule has 5 nitrogen and oxygen atoms in total. The van der Waals surface area contributed by atoms with Crippen molar-refractivity contribution < 1.29 is 18.7 Å². The van der Waals surface area contributed by atoms with Crippen molar-refractivity contribution in [2.24, 2.45) is 0 Å². The van der Waals surface area contributed by atoms with Crippen LogP contribution in [0.25, 0.3) is 28.5 Å².